The van der Waals surface area contributed by atoms with Crippen LogP contribution >= 0.6 is 0 Å². The third-order valence-electron chi connectivity index (χ3n) is 1.69. The lowest BCUT2D eigenvalue weighted by molar-refractivity contribution is 0.377. The normalized spacial score (nSPS) is 10.7. The van der Waals surface area contributed by atoms with Gasteiger partial charge in [-0.25, -0.2) is 4.68 Å². The lowest BCUT2D eigenvalue weighted by Crippen LogP contribution is -1.94. The van der Waals surface area contributed by atoms with Crippen molar-refractivity contribution in [2.45, 2.75) is 0 Å². The average molecular weight is 151 g/mol. The zero-order chi connectivity index (χ0) is 7.84. The molecule has 4 heteroatoms. The van der Waals surface area contributed by atoms with Gasteiger partial charge in [-0.2, -0.15) is 5.10 Å². The number of hydrogen-bond donors (Lipinski definition) is 1. The number of rotatable bonds is 1. The van der Waals surface area contributed by atoms with Gasteiger partial charge >= 0.3 is 0 Å². The van der Waals surface area contributed by atoms with E-state index in [-0.39, 0.29) is 0 Å². The first-order chi connectivity index (χ1) is 5.33. The van der Waals surface area contributed by atoms with Crippen molar-refractivity contribution in [3.05, 3.63) is 12.3 Å². The van der Waals surface area contributed by atoms with Gasteiger partial charge in [0.2, 0.25) is 5.88 Å². The van der Waals surface area contributed by atoms with Gasteiger partial charge in [0.25, 0.3) is 0 Å². The standard InChI is InChI=1S/C7H9N3O/c1-10-7(11-2)5-3-4-8-6(5)9-10/h3-4H,1-2H3,(H,8,9). The molecule has 0 atom stereocenters. The van der Waals surface area contributed by atoms with E-state index in [2.05, 4.69) is 10.1 Å². The minimum atomic E-state index is 0.793. The van der Waals surface area contributed by atoms with Crippen molar-refractivity contribution in [1.82, 2.24) is 14.8 Å². The van der Waals surface area contributed by atoms with Crippen LogP contribution in [-0.2, 0) is 7.05 Å². The van der Waals surface area contributed by atoms with Gasteiger partial charge in [-0.15, -0.1) is 0 Å². The van der Waals surface area contributed by atoms with Crippen molar-refractivity contribution < 1.29 is 4.74 Å². The molecule has 2 heterocycles. The van der Waals surface area contributed by atoms with Crippen LogP contribution in [0.25, 0.3) is 11.0 Å². The molecule has 0 radical (unpaired) electrons. The third kappa shape index (κ3) is 0.721. The van der Waals surface area contributed by atoms with E-state index in [1.807, 2.05) is 19.3 Å². The summed E-state index contributed by atoms with van der Waals surface area (Å²) in [4.78, 5) is 3.00. The van der Waals surface area contributed by atoms with Gasteiger partial charge in [-0.3, -0.25) is 0 Å². The van der Waals surface area contributed by atoms with Crippen LogP contribution < -0.4 is 4.74 Å². The summed E-state index contributed by atoms with van der Waals surface area (Å²) in [6.07, 6.45) is 1.85. The maximum Gasteiger partial charge on any atom is 0.221 e. The molecule has 0 aromatic carbocycles. The molecule has 0 saturated heterocycles. The Morgan fingerprint density at radius 2 is 2.45 bits per heavy atom. The Hall–Kier alpha value is -1.45. The first kappa shape index (κ1) is 6.27. The molecule has 0 fully saturated rings. The second kappa shape index (κ2) is 2.02. The maximum atomic E-state index is 5.14. The Kier molecular flexibility index (Phi) is 1.15. The van der Waals surface area contributed by atoms with E-state index in [1.54, 1.807) is 11.8 Å². The Bertz CT molecular complexity index is 374. The second-order valence-electron chi connectivity index (χ2n) is 2.37. The molecule has 1 N–H and O–H groups in total. The number of aromatic nitrogens is 3. The van der Waals surface area contributed by atoms with Crippen LogP contribution in [0, 0.1) is 0 Å². The molecule has 0 aliphatic rings. The fraction of sp³-hybridized carbons (Fsp3) is 0.286. The molecule has 2 aromatic heterocycles. The van der Waals surface area contributed by atoms with Crippen LogP contribution in [0.3, 0.4) is 0 Å². The summed E-state index contributed by atoms with van der Waals surface area (Å²) < 4.78 is 6.85. The van der Waals surface area contributed by atoms with E-state index in [9.17, 15) is 0 Å². The van der Waals surface area contributed by atoms with Crippen LogP contribution in [0.15, 0.2) is 12.3 Å². The number of H-pyrrole nitrogens is 1. The van der Waals surface area contributed by atoms with Gasteiger partial charge in [-0.1, -0.05) is 0 Å². The summed E-state index contributed by atoms with van der Waals surface area (Å²) in [6, 6.07) is 1.95. The van der Waals surface area contributed by atoms with E-state index >= 15 is 0 Å². The van der Waals surface area contributed by atoms with Gasteiger partial charge < -0.3 is 9.72 Å². The highest BCUT2D eigenvalue weighted by molar-refractivity contribution is 5.81. The van der Waals surface area contributed by atoms with E-state index in [1.165, 1.54) is 0 Å². The van der Waals surface area contributed by atoms with E-state index in [0.717, 1.165) is 16.9 Å². The predicted molar refractivity (Wildman–Crippen MR) is 41.6 cm³/mol. The molecule has 58 valence electrons. The molecule has 2 rings (SSSR count). The highest BCUT2D eigenvalue weighted by Gasteiger charge is 2.07. The highest BCUT2D eigenvalue weighted by atomic mass is 16.5. The predicted octanol–water partition coefficient (Wildman–Crippen LogP) is 0.910. The fourth-order valence-electron chi connectivity index (χ4n) is 1.23. The Balaban J connectivity index is 2.80. The largest absolute Gasteiger partial charge is 0.481 e. The smallest absolute Gasteiger partial charge is 0.221 e. The minimum Gasteiger partial charge on any atom is -0.481 e. The average Bonchev–Trinajstić information content (AvgIpc) is 2.46. The highest BCUT2D eigenvalue weighted by Crippen LogP contribution is 2.22. The van der Waals surface area contributed by atoms with Gasteiger partial charge in [0.05, 0.1) is 12.5 Å². The monoisotopic (exact) mass is 151 g/mol. The number of ether oxygens (including phenoxy) is 1. The number of methoxy groups -OCH3 is 1. The number of fused-ring (bicyclic) bond motifs is 1. The van der Waals surface area contributed by atoms with Crippen LogP contribution in [-0.4, -0.2) is 21.9 Å². The van der Waals surface area contributed by atoms with Crippen molar-refractivity contribution in [1.29, 1.82) is 0 Å². The molecule has 0 amide bonds. The second-order valence-corrected chi connectivity index (χ2v) is 2.37. The van der Waals surface area contributed by atoms with Crippen molar-refractivity contribution in [3.8, 4) is 5.88 Å². The van der Waals surface area contributed by atoms with Crippen LogP contribution in [0.5, 0.6) is 5.88 Å². The molecule has 2 aromatic rings. The van der Waals surface area contributed by atoms with Crippen molar-refractivity contribution in [3.63, 3.8) is 0 Å². The molecule has 11 heavy (non-hydrogen) atoms. The number of aryl methyl sites for hydroxylation is 1. The van der Waals surface area contributed by atoms with Gasteiger partial charge in [0.15, 0.2) is 5.65 Å². The van der Waals surface area contributed by atoms with Gasteiger partial charge in [0.1, 0.15) is 0 Å². The molecule has 4 nitrogen and oxygen atoms in total. The van der Waals surface area contributed by atoms with E-state index < -0.39 is 0 Å². The summed E-state index contributed by atoms with van der Waals surface area (Å²) in [5.41, 5.74) is 0.865. The number of nitrogens with zero attached hydrogens (tertiary/aromatic N) is 2. The Morgan fingerprint density at radius 1 is 1.64 bits per heavy atom. The van der Waals surface area contributed by atoms with E-state index in [4.69, 9.17) is 4.74 Å². The van der Waals surface area contributed by atoms with Crippen LogP contribution in [0.1, 0.15) is 0 Å². The fourth-order valence-corrected chi connectivity index (χ4v) is 1.23. The quantitative estimate of drug-likeness (QED) is 0.658. The first-order valence-corrected chi connectivity index (χ1v) is 3.37. The van der Waals surface area contributed by atoms with Crippen molar-refractivity contribution in [2.75, 3.05) is 7.11 Å². The minimum absolute atomic E-state index is 0.793. The molecule has 0 bridgehead atoms. The summed E-state index contributed by atoms with van der Waals surface area (Å²) in [5.74, 6) is 0.793. The molecular weight excluding hydrogens is 142 g/mol. The summed E-state index contributed by atoms with van der Waals surface area (Å²) in [6.45, 7) is 0. The lowest BCUT2D eigenvalue weighted by Gasteiger charge is -1.97. The Morgan fingerprint density at radius 3 is 3.18 bits per heavy atom. The Labute approximate surface area is 63.8 Å². The molecule has 0 aliphatic heterocycles. The SMILES string of the molecule is COc1c2cc[nH]c2nn1C. The van der Waals surface area contributed by atoms with Crippen LogP contribution in [0.2, 0.25) is 0 Å². The van der Waals surface area contributed by atoms with Crippen LogP contribution in [0.4, 0.5) is 0 Å². The maximum absolute atomic E-state index is 5.14. The number of nitrogens with one attached hydrogen (secondary N) is 1. The zero-order valence-electron chi connectivity index (χ0n) is 6.46. The van der Waals surface area contributed by atoms with Gasteiger partial charge in [-0.05, 0) is 6.07 Å². The molecular formula is C7H9N3O. The molecule has 0 spiro atoms. The van der Waals surface area contributed by atoms with Crippen molar-refractivity contribution in [2.24, 2.45) is 7.05 Å². The summed E-state index contributed by atoms with van der Waals surface area (Å²) >= 11 is 0. The summed E-state index contributed by atoms with van der Waals surface area (Å²) in [5, 5.41) is 5.20. The molecule has 0 aliphatic carbocycles. The topological polar surface area (TPSA) is 42.8 Å². The zero-order valence-corrected chi connectivity index (χ0v) is 6.46. The third-order valence-corrected chi connectivity index (χ3v) is 1.69. The molecule has 0 saturated carbocycles. The van der Waals surface area contributed by atoms with Crippen molar-refractivity contribution >= 4 is 11.0 Å². The lowest BCUT2D eigenvalue weighted by atomic mass is 10.4. The number of aromatic amines is 1. The van der Waals surface area contributed by atoms with Gasteiger partial charge in [0, 0.05) is 13.2 Å². The van der Waals surface area contributed by atoms with E-state index in [0.29, 0.717) is 0 Å². The summed E-state index contributed by atoms with van der Waals surface area (Å²) in [7, 11) is 3.50. The molecule has 0 unspecified atom stereocenters. The number of hydrogen-bond acceptors (Lipinski definition) is 2. The first-order valence-electron chi connectivity index (χ1n) is 3.37.